The van der Waals surface area contributed by atoms with Crippen molar-refractivity contribution in [3.63, 3.8) is 0 Å². The van der Waals surface area contributed by atoms with E-state index in [0.717, 1.165) is 30.8 Å². The van der Waals surface area contributed by atoms with Gasteiger partial charge in [0.1, 0.15) is 5.75 Å². The predicted molar refractivity (Wildman–Crippen MR) is 94.9 cm³/mol. The maximum Gasteiger partial charge on any atom is 0.237 e. The number of nitrogens with one attached hydrogen (secondary N) is 1. The van der Waals surface area contributed by atoms with E-state index in [9.17, 15) is 4.79 Å². The van der Waals surface area contributed by atoms with E-state index in [4.69, 9.17) is 4.74 Å². The highest BCUT2D eigenvalue weighted by Crippen LogP contribution is 2.21. The van der Waals surface area contributed by atoms with Crippen LogP contribution in [-0.2, 0) is 24.3 Å². The van der Waals surface area contributed by atoms with Crippen molar-refractivity contribution in [2.75, 3.05) is 13.7 Å². The first-order chi connectivity index (χ1) is 11.7. The first-order valence-electron chi connectivity index (χ1n) is 8.39. The molecule has 0 unspecified atom stereocenters. The monoisotopic (exact) mass is 324 g/mol. The molecule has 24 heavy (non-hydrogen) atoms. The topological polar surface area (TPSA) is 41.6 Å². The van der Waals surface area contributed by atoms with Gasteiger partial charge in [-0.15, -0.1) is 0 Å². The number of rotatable bonds is 5. The second-order valence-corrected chi connectivity index (χ2v) is 6.19. The summed E-state index contributed by atoms with van der Waals surface area (Å²) in [6, 6.07) is 16.1. The highest BCUT2D eigenvalue weighted by atomic mass is 16.5. The molecule has 1 amide bonds. The summed E-state index contributed by atoms with van der Waals surface area (Å²) in [5.41, 5.74) is 3.72. The molecule has 126 valence electrons. The van der Waals surface area contributed by atoms with Crippen molar-refractivity contribution >= 4 is 5.91 Å². The van der Waals surface area contributed by atoms with Crippen molar-refractivity contribution in [3.05, 3.63) is 65.2 Å². The number of para-hydroxylation sites is 1. The third kappa shape index (κ3) is 3.60. The second kappa shape index (κ2) is 7.49. The molecule has 2 aromatic carbocycles. The fourth-order valence-electron chi connectivity index (χ4n) is 3.19. The molecule has 0 bridgehead atoms. The SMILES string of the molecule is COc1ccccc1CNC(=O)[C@@H](C)N1CCc2ccccc2C1. The standard InChI is InChI=1S/C20H24N2O2/c1-15(22-12-11-16-7-3-4-9-18(16)14-22)20(23)21-13-17-8-5-6-10-19(17)24-2/h3-10,15H,11-14H2,1-2H3,(H,21,23)/t15-/m1/s1. The summed E-state index contributed by atoms with van der Waals surface area (Å²) in [5, 5.41) is 3.03. The van der Waals surface area contributed by atoms with Crippen LogP contribution in [0.25, 0.3) is 0 Å². The lowest BCUT2D eigenvalue weighted by Crippen LogP contribution is -2.46. The number of hydrogen-bond donors (Lipinski definition) is 1. The minimum atomic E-state index is -0.145. The van der Waals surface area contributed by atoms with Crippen molar-refractivity contribution in [2.24, 2.45) is 0 Å². The molecule has 1 aliphatic heterocycles. The lowest BCUT2D eigenvalue weighted by molar-refractivity contribution is -0.126. The van der Waals surface area contributed by atoms with Crippen LogP contribution >= 0.6 is 0 Å². The van der Waals surface area contributed by atoms with Gasteiger partial charge in [-0.25, -0.2) is 0 Å². The van der Waals surface area contributed by atoms with E-state index >= 15 is 0 Å². The predicted octanol–water partition coefficient (Wildman–Crippen LogP) is 2.76. The summed E-state index contributed by atoms with van der Waals surface area (Å²) in [6.45, 7) is 4.21. The average molecular weight is 324 g/mol. The van der Waals surface area contributed by atoms with Gasteiger partial charge in [0.05, 0.1) is 13.2 Å². The molecule has 3 rings (SSSR count). The van der Waals surface area contributed by atoms with Gasteiger partial charge < -0.3 is 10.1 Å². The van der Waals surface area contributed by atoms with E-state index in [2.05, 4.69) is 34.5 Å². The largest absolute Gasteiger partial charge is 0.496 e. The first kappa shape index (κ1) is 16.5. The number of carbonyl (C=O) groups is 1. The van der Waals surface area contributed by atoms with Gasteiger partial charge in [-0.05, 0) is 30.5 Å². The van der Waals surface area contributed by atoms with Crippen molar-refractivity contribution < 1.29 is 9.53 Å². The van der Waals surface area contributed by atoms with Crippen LogP contribution in [0.4, 0.5) is 0 Å². The first-order valence-corrected chi connectivity index (χ1v) is 8.39. The summed E-state index contributed by atoms with van der Waals surface area (Å²) in [4.78, 5) is 14.8. The summed E-state index contributed by atoms with van der Waals surface area (Å²) in [6.07, 6.45) is 1.00. The highest BCUT2D eigenvalue weighted by molar-refractivity contribution is 5.81. The number of methoxy groups -OCH3 is 1. The van der Waals surface area contributed by atoms with Gasteiger partial charge in [0.25, 0.3) is 0 Å². The van der Waals surface area contributed by atoms with Crippen LogP contribution in [-0.4, -0.2) is 30.5 Å². The molecule has 1 heterocycles. The average Bonchev–Trinajstić information content (AvgIpc) is 2.65. The van der Waals surface area contributed by atoms with Gasteiger partial charge in [0.2, 0.25) is 5.91 Å². The zero-order valence-electron chi connectivity index (χ0n) is 14.3. The van der Waals surface area contributed by atoms with Crippen LogP contribution in [0.1, 0.15) is 23.6 Å². The van der Waals surface area contributed by atoms with Gasteiger partial charge in [0.15, 0.2) is 0 Å². The molecule has 0 saturated carbocycles. The van der Waals surface area contributed by atoms with Gasteiger partial charge in [0, 0.05) is 25.2 Å². The number of hydrogen-bond acceptors (Lipinski definition) is 3. The van der Waals surface area contributed by atoms with E-state index < -0.39 is 0 Å². The Labute approximate surface area is 143 Å². The summed E-state index contributed by atoms with van der Waals surface area (Å²) in [5.74, 6) is 0.859. The Morgan fingerprint density at radius 3 is 2.67 bits per heavy atom. The zero-order chi connectivity index (χ0) is 16.9. The molecule has 0 spiro atoms. The fourth-order valence-corrected chi connectivity index (χ4v) is 3.19. The van der Waals surface area contributed by atoms with Crippen LogP contribution in [0.5, 0.6) is 5.75 Å². The lowest BCUT2D eigenvalue weighted by Gasteiger charge is -2.32. The van der Waals surface area contributed by atoms with E-state index in [1.165, 1.54) is 11.1 Å². The molecular weight excluding hydrogens is 300 g/mol. The molecule has 0 fully saturated rings. The van der Waals surface area contributed by atoms with Crippen molar-refractivity contribution in [3.8, 4) is 5.75 Å². The molecule has 4 heteroatoms. The molecule has 0 radical (unpaired) electrons. The van der Waals surface area contributed by atoms with Crippen molar-refractivity contribution in [2.45, 2.75) is 32.5 Å². The Balaban J connectivity index is 1.59. The number of benzene rings is 2. The number of ether oxygens (including phenoxy) is 1. The minimum absolute atomic E-state index is 0.0558. The van der Waals surface area contributed by atoms with Crippen LogP contribution < -0.4 is 10.1 Å². The smallest absolute Gasteiger partial charge is 0.237 e. The molecule has 1 N–H and O–H groups in total. The Kier molecular flexibility index (Phi) is 5.16. The Hall–Kier alpha value is -2.33. The Morgan fingerprint density at radius 2 is 1.88 bits per heavy atom. The lowest BCUT2D eigenvalue weighted by atomic mass is 9.99. The van der Waals surface area contributed by atoms with Crippen LogP contribution in [0.15, 0.2) is 48.5 Å². The number of carbonyl (C=O) groups excluding carboxylic acids is 1. The Morgan fingerprint density at radius 1 is 1.17 bits per heavy atom. The molecule has 1 aliphatic rings. The fraction of sp³-hybridized carbons (Fsp3) is 0.350. The summed E-state index contributed by atoms with van der Waals surface area (Å²) >= 11 is 0. The molecule has 0 aromatic heterocycles. The second-order valence-electron chi connectivity index (χ2n) is 6.19. The van der Waals surface area contributed by atoms with Gasteiger partial charge >= 0.3 is 0 Å². The molecule has 4 nitrogen and oxygen atoms in total. The normalized spacial score (nSPS) is 15.4. The van der Waals surface area contributed by atoms with Crippen LogP contribution in [0, 0.1) is 0 Å². The van der Waals surface area contributed by atoms with Crippen molar-refractivity contribution in [1.82, 2.24) is 10.2 Å². The molecule has 0 saturated heterocycles. The number of fused-ring (bicyclic) bond motifs is 1. The molecule has 1 atom stereocenters. The van der Waals surface area contributed by atoms with Crippen LogP contribution in [0.2, 0.25) is 0 Å². The molecule has 2 aromatic rings. The number of amides is 1. The zero-order valence-corrected chi connectivity index (χ0v) is 14.3. The summed E-state index contributed by atoms with van der Waals surface area (Å²) < 4.78 is 5.33. The number of nitrogens with zero attached hydrogens (tertiary/aromatic N) is 1. The quantitative estimate of drug-likeness (QED) is 0.919. The van der Waals surface area contributed by atoms with Gasteiger partial charge in [-0.3, -0.25) is 9.69 Å². The van der Waals surface area contributed by atoms with E-state index in [1.807, 2.05) is 31.2 Å². The van der Waals surface area contributed by atoms with Crippen LogP contribution in [0.3, 0.4) is 0 Å². The maximum atomic E-state index is 12.5. The third-order valence-corrected chi connectivity index (χ3v) is 4.73. The summed E-state index contributed by atoms with van der Waals surface area (Å²) in [7, 11) is 1.65. The molecule has 0 aliphatic carbocycles. The van der Waals surface area contributed by atoms with E-state index in [1.54, 1.807) is 7.11 Å². The highest BCUT2D eigenvalue weighted by Gasteiger charge is 2.25. The minimum Gasteiger partial charge on any atom is -0.496 e. The van der Waals surface area contributed by atoms with E-state index in [0.29, 0.717) is 6.54 Å². The van der Waals surface area contributed by atoms with Gasteiger partial charge in [-0.2, -0.15) is 0 Å². The Bertz CT molecular complexity index is 714. The van der Waals surface area contributed by atoms with Gasteiger partial charge in [-0.1, -0.05) is 42.5 Å². The molecular formula is C20H24N2O2. The van der Waals surface area contributed by atoms with E-state index in [-0.39, 0.29) is 11.9 Å². The third-order valence-electron chi connectivity index (χ3n) is 4.73. The maximum absolute atomic E-state index is 12.5. The van der Waals surface area contributed by atoms with Crippen molar-refractivity contribution in [1.29, 1.82) is 0 Å².